The molecule has 2 aromatic rings. The predicted molar refractivity (Wildman–Crippen MR) is 73.2 cm³/mol. The summed E-state index contributed by atoms with van der Waals surface area (Å²) in [6.07, 6.45) is 1.61. The Kier molecular flexibility index (Phi) is 3.71. The third-order valence-electron chi connectivity index (χ3n) is 2.78. The first-order valence-electron chi connectivity index (χ1n) is 6.31. The Morgan fingerprint density at radius 1 is 1.32 bits per heavy atom. The van der Waals surface area contributed by atoms with Crippen molar-refractivity contribution in [2.24, 2.45) is 0 Å². The third-order valence-corrected chi connectivity index (χ3v) is 2.78. The van der Waals surface area contributed by atoms with Gasteiger partial charge in [-0.2, -0.15) is 0 Å². The number of rotatable bonds is 3. The van der Waals surface area contributed by atoms with Crippen molar-refractivity contribution in [2.45, 2.75) is 39.8 Å². The van der Waals surface area contributed by atoms with E-state index in [9.17, 15) is 4.39 Å². The van der Waals surface area contributed by atoms with E-state index in [0.29, 0.717) is 18.0 Å². The molecule has 0 fully saturated rings. The minimum absolute atomic E-state index is 0.0217. The average Bonchev–Trinajstić information content (AvgIpc) is 2.77. The van der Waals surface area contributed by atoms with Crippen LogP contribution in [0.5, 0.6) is 0 Å². The van der Waals surface area contributed by atoms with Gasteiger partial charge in [0.2, 0.25) is 5.89 Å². The molecule has 102 valence electrons. The molecule has 0 amide bonds. The highest BCUT2D eigenvalue weighted by molar-refractivity contribution is 5.58. The molecule has 0 saturated heterocycles. The van der Waals surface area contributed by atoms with Crippen molar-refractivity contribution in [2.75, 3.05) is 0 Å². The monoisotopic (exact) mass is 262 g/mol. The normalized spacial score (nSPS) is 11.8. The summed E-state index contributed by atoms with van der Waals surface area (Å²) in [4.78, 5) is 4.39. The number of hydrogen-bond acceptors (Lipinski definition) is 3. The summed E-state index contributed by atoms with van der Waals surface area (Å²) >= 11 is 0. The summed E-state index contributed by atoms with van der Waals surface area (Å²) < 4.78 is 18.7. The summed E-state index contributed by atoms with van der Waals surface area (Å²) in [6, 6.07) is 4.61. The van der Waals surface area contributed by atoms with Gasteiger partial charge in [-0.05, 0) is 45.4 Å². The van der Waals surface area contributed by atoms with E-state index < -0.39 is 0 Å². The lowest BCUT2D eigenvalue weighted by atomic mass is 10.1. The Morgan fingerprint density at radius 2 is 2.05 bits per heavy atom. The fraction of sp³-hybridized carbons (Fsp3) is 0.400. The van der Waals surface area contributed by atoms with Gasteiger partial charge in [-0.15, -0.1) is 0 Å². The Bertz CT molecular complexity index is 570. The average molecular weight is 262 g/mol. The van der Waals surface area contributed by atoms with E-state index in [-0.39, 0.29) is 11.4 Å². The number of aromatic nitrogens is 1. The maximum atomic E-state index is 13.3. The topological polar surface area (TPSA) is 38.1 Å². The highest BCUT2D eigenvalue weighted by atomic mass is 19.1. The molecule has 0 unspecified atom stereocenters. The zero-order valence-corrected chi connectivity index (χ0v) is 11.7. The van der Waals surface area contributed by atoms with E-state index in [4.69, 9.17) is 4.42 Å². The number of hydrogen-bond donors (Lipinski definition) is 1. The van der Waals surface area contributed by atoms with Crippen molar-refractivity contribution in [1.29, 1.82) is 0 Å². The van der Waals surface area contributed by atoms with Gasteiger partial charge in [-0.1, -0.05) is 6.07 Å². The van der Waals surface area contributed by atoms with Crippen LogP contribution in [0.3, 0.4) is 0 Å². The molecule has 4 heteroatoms. The van der Waals surface area contributed by atoms with Crippen molar-refractivity contribution in [1.82, 2.24) is 10.3 Å². The van der Waals surface area contributed by atoms with Crippen LogP contribution < -0.4 is 5.32 Å². The third kappa shape index (κ3) is 3.64. The van der Waals surface area contributed by atoms with Gasteiger partial charge in [0.1, 0.15) is 12.1 Å². The van der Waals surface area contributed by atoms with Crippen molar-refractivity contribution in [3.8, 4) is 11.5 Å². The fourth-order valence-corrected chi connectivity index (χ4v) is 1.69. The second kappa shape index (κ2) is 5.13. The summed E-state index contributed by atoms with van der Waals surface area (Å²) in [7, 11) is 0. The van der Waals surface area contributed by atoms with Crippen LogP contribution in [0, 0.1) is 12.7 Å². The molecular weight excluding hydrogens is 243 g/mol. The highest BCUT2D eigenvalue weighted by Crippen LogP contribution is 2.23. The van der Waals surface area contributed by atoms with E-state index >= 15 is 0 Å². The number of benzene rings is 1. The van der Waals surface area contributed by atoms with E-state index in [1.54, 1.807) is 12.3 Å². The van der Waals surface area contributed by atoms with E-state index in [0.717, 1.165) is 11.3 Å². The molecule has 1 aromatic heterocycles. The molecule has 0 aliphatic rings. The molecule has 0 spiro atoms. The van der Waals surface area contributed by atoms with Crippen LogP contribution in [0.1, 0.15) is 32.0 Å². The van der Waals surface area contributed by atoms with Gasteiger partial charge in [0.25, 0.3) is 0 Å². The number of nitrogens with one attached hydrogen (secondary N) is 1. The van der Waals surface area contributed by atoms with Crippen LogP contribution in [-0.2, 0) is 6.54 Å². The van der Waals surface area contributed by atoms with Crippen molar-refractivity contribution in [3.05, 3.63) is 41.5 Å². The van der Waals surface area contributed by atoms with Crippen LogP contribution in [0.25, 0.3) is 11.5 Å². The fourth-order valence-electron chi connectivity index (χ4n) is 1.69. The molecule has 2 rings (SSSR count). The van der Waals surface area contributed by atoms with E-state index in [1.807, 2.05) is 6.92 Å². The van der Waals surface area contributed by atoms with Crippen LogP contribution >= 0.6 is 0 Å². The molecular formula is C15H19FN2O. The minimum Gasteiger partial charge on any atom is -0.444 e. The predicted octanol–water partition coefficient (Wildman–Crippen LogP) is 3.68. The second-order valence-corrected chi connectivity index (χ2v) is 5.71. The van der Waals surface area contributed by atoms with Crippen LogP contribution in [0.2, 0.25) is 0 Å². The Balaban J connectivity index is 2.19. The molecule has 0 bridgehead atoms. The molecule has 0 aliphatic heterocycles. The van der Waals surface area contributed by atoms with Gasteiger partial charge in [-0.25, -0.2) is 9.37 Å². The molecule has 0 aliphatic carbocycles. The Morgan fingerprint density at radius 3 is 2.74 bits per heavy atom. The van der Waals surface area contributed by atoms with Gasteiger partial charge in [0, 0.05) is 17.6 Å². The molecule has 3 nitrogen and oxygen atoms in total. The summed E-state index contributed by atoms with van der Waals surface area (Å²) in [5.41, 5.74) is 2.47. The summed E-state index contributed by atoms with van der Waals surface area (Å²) in [5.74, 6) is 0.177. The largest absolute Gasteiger partial charge is 0.444 e. The number of aryl methyl sites for hydroxylation is 1. The SMILES string of the molecule is Cc1ccc(F)cc1-c1nc(CNC(C)(C)C)co1. The molecule has 0 radical (unpaired) electrons. The molecule has 1 heterocycles. The number of nitrogens with zero attached hydrogens (tertiary/aromatic N) is 1. The molecule has 19 heavy (non-hydrogen) atoms. The minimum atomic E-state index is -0.284. The molecule has 1 N–H and O–H groups in total. The summed E-state index contributed by atoms with van der Waals surface area (Å²) in [5, 5.41) is 3.33. The zero-order valence-electron chi connectivity index (χ0n) is 11.7. The second-order valence-electron chi connectivity index (χ2n) is 5.71. The zero-order chi connectivity index (χ0) is 14.0. The van der Waals surface area contributed by atoms with Gasteiger partial charge in [0.15, 0.2) is 0 Å². The van der Waals surface area contributed by atoms with Gasteiger partial charge in [-0.3, -0.25) is 0 Å². The van der Waals surface area contributed by atoms with Crippen LogP contribution in [0.4, 0.5) is 4.39 Å². The lowest BCUT2D eigenvalue weighted by molar-refractivity contribution is 0.421. The molecule has 1 aromatic carbocycles. The van der Waals surface area contributed by atoms with Crippen molar-refractivity contribution < 1.29 is 8.81 Å². The van der Waals surface area contributed by atoms with Gasteiger partial charge < -0.3 is 9.73 Å². The van der Waals surface area contributed by atoms with Crippen molar-refractivity contribution >= 4 is 0 Å². The smallest absolute Gasteiger partial charge is 0.226 e. The standard InChI is InChI=1S/C15H19FN2O/c1-10-5-6-11(16)7-13(10)14-18-12(9-19-14)8-17-15(2,3)4/h5-7,9,17H,8H2,1-4H3. The van der Waals surface area contributed by atoms with E-state index in [1.165, 1.54) is 12.1 Å². The van der Waals surface area contributed by atoms with Gasteiger partial charge in [0.05, 0.1) is 5.69 Å². The summed E-state index contributed by atoms with van der Waals surface area (Å²) in [6.45, 7) is 8.80. The van der Waals surface area contributed by atoms with Crippen molar-refractivity contribution in [3.63, 3.8) is 0 Å². The highest BCUT2D eigenvalue weighted by Gasteiger charge is 2.13. The van der Waals surface area contributed by atoms with Crippen LogP contribution in [-0.4, -0.2) is 10.5 Å². The maximum absolute atomic E-state index is 13.3. The lowest BCUT2D eigenvalue weighted by Gasteiger charge is -2.19. The van der Waals surface area contributed by atoms with Crippen LogP contribution in [0.15, 0.2) is 28.9 Å². The number of oxazole rings is 1. The Labute approximate surface area is 112 Å². The first-order chi connectivity index (χ1) is 8.85. The number of halogens is 1. The molecule has 0 saturated carbocycles. The quantitative estimate of drug-likeness (QED) is 0.917. The van der Waals surface area contributed by atoms with Gasteiger partial charge >= 0.3 is 0 Å². The maximum Gasteiger partial charge on any atom is 0.226 e. The van der Waals surface area contributed by atoms with E-state index in [2.05, 4.69) is 31.1 Å². The first-order valence-corrected chi connectivity index (χ1v) is 6.31. The molecule has 0 atom stereocenters. The Hall–Kier alpha value is -1.68. The first kappa shape index (κ1) is 13.7. The lowest BCUT2D eigenvalue weighted by Crippen LogP contribution is -2.35.